The molecule has 7 heteroatoms. The minimum absolute atomic E-state index is 0.0761. The number of hydrogen-bond donors (Lipinski definition) is 2. The lowest BCUT2D eigenvalue weighted by molar-refractivity contribution is -0.117. The van der Waals surface area contributed by atoms with Crippen molar-refractivity contribution in [2.24, 2.45) is 0 Å². The van der Waals surface area contributed by atoms with E-state index in [1.165, 1.54) is 6.20 Å². The lowest BCUT2D eigenvalue weighted by Crippen LogP contribution is -2.44. The highest BCUT2D eigenvalue weighted by Gasteiger charge is 2.33. The summed E-state index contributed by atoms with van der Waals surface area (Å²) in [6.45, 7) is 4.18. The number of hydrogen-bond acceptors (Lipinski definition) is 6. The normalized spacial score (nSPS) is 22.7. The van der Waals surface area contributed by atoms with Crippen molar-refractivity contribution in [3.05, 3.63) is 18.6 Å². The summed E-state index contributed by atoms with van der Waals surface area (Å²) in [5.74, 6) is 0.399. The molecule has 0 saturated carbocycles. The predicted molar refractivity (Wildman–Crippen MR) is 79.8 cm³/mol. The number of aliphatic hydroxyl groups excluding tert-OH is 1. The molecule has 0 unspecified atom stereocenters. The van der Waals surface area contributed by atoms with Gasteiger partial charge >= 0.3 is 0 Å². The van der Waals surface area contributed by atoms with Gasteiger partial charge in [-0.3, -0.25) is 19.6 Å². The summed E-state index contributed by atoms with van der Waals surface area (Å²) in [5, 5.41) is 11.8. The summed E-state index contributed by atoms with van der Waals surface area (Å²) in [5.41, 5.74) is 0. The number of rotatable bonds is 6. The van der Waals surface area contributed by atoms with Crippen LogP contribution in [0.2, 0.25) is 0 Å². The Labute approximate surface area is 125 Å². The van der Waals surface area contributed by atoms with E-state index in [-0.39, 0.29) is 18.6 Å². The van der Waals surface area contributed by atoms with Crippen LogP contribution in [0.1, 0.15) is 13.3 Å². The molecule has 2 rings (SSSR count). The number of carbonyl (C=O) groups is 1. The highest BCUT2D eigenvalue weighted by molar-refractivity contribution is 5.91. The van der Waals surface area contributed by atoms with Crippen molar-refractivity contribution in [2.45, 2.75) is 25.4 Å². The predicted octanol–water partition coefficient (Wildman–Crippen LogP) is -0.198. The molecule has 2 atom stereocenters. The first-order valence-corrected chi connectivity index (χ1v) is 7.23. The molecule has 2 N–H and O–H groups in total. The Balaban J connectivity index is 1.85. The lowest BCUT2D eigenvalue weighted by atomic mass is 10.1. The Morgan fingerprint density at radius 2 is 2.38 bits per heavy atom. The number of likely N-dealkylation sites (N-methyl/N-ethyl adjacent to an activating group) is 1. The number of anilines is 1. The average Bonchev–Trinajstić information content (AvgIpc) is 2.81. The highest BCUT2D eigenvalue weighted by Crippen LogP contribution is 2.21. The minimum atomic E-state index is -0.0761. The van der Waals surface area contributed by atoms with Crippen LogP contribution in [0.15, 0.2) is 18.6 Å². The number of likely N-dealkylation sites (tertiary alicyclic amines) is 1. The van der Waals surface area contributed by atoms with Crippen molar-refractivity contribution in [2.75, 3.05) is 38.6 Å². The first kappa shape index (κ1) is 15.8. The molecule has 1 aliphatic heterocycles. The molecular formula is C14H23N5O2. The van der Waals surface area contributed by atoms with Crippen LogP contribution in [0.25, 0.3) is 0 Å². The summed E-state index contributed by atoms with van der Waals surface area (Å²) in [4.78, 5) is 24.3. The van der Waals surface area contributed by atoms with Gasteiger partial charge in [0.2, 0.25) is 5.91 Å². The number of carbonyl (C=O) groups excluding carboxylic acids is 1. The van der Waals surface area contributed by atoms with Crippen LogP contribution in [0.5, 0.6) is 0 Å². The van der Waals surface area contributed by atoms with Crippen LogP contribution in [0.3, 0.4) is 0 Å². The molecule has 1 aromatic rings. The number of aromatic nitrogens is 2. The minimum Gasteiger partial charge on any atom is -0.395 e. The van der Waals surface area contributed by atoms with Gasteiger partial charge in [0.25, 0.3) is 0 Å². The van der Waals surface area contributed by atoms with Crippen LogP contribution < -0.4 is 5.32 Å². The summed E-state index contributed by atoms with van der Waals surface area (Å²) >= 11 is 0. The Kier molecular flexibility index (Phi) is 5.60. The molecule has 2 heterocycles. The fourth-order valence-electron chi connectivity index (χ4n) is 2.85. The summed E-state index contributed by atoms with van der Waals surface area (Å²) in [6.07, 6.45) is 5.66. The standard InChI is InChI=1S/C14H23N5O2/c1-11-12(18(2)7-8-20)3-6-19(11)10-14(21)17-13-9-15-4-5-16-13/h4-5,9,11-12,20H,3,6-8,10H2,1-2H3,(H,16,17,21)/t11-,12-/m1/s1. The SMILES string of the molecule is C[C@@H]1[C@H](N(C)CCO)CCN1CC(=O)Nc1cnccn1. The largest absolute Gasteiger partial charge is 0.395 e. The zero-order chi connectivity index (χ0) is 15.2. The number of nitrogens with one attached hydrogen (secondary N) is 1. The van der Waals surface area contributed by atoms with Crippen molar-refractivity contribution in [1.29, 1.82) is 0 Å². The number of nitrogens with zero attached hydrogens (tertiary/aromatic N) is 4. The van der Waals surface area contributed by atoms with E-state index in [9.17, 15) is 4.79 Å². The van der Waals surface area contributed by atoms with E-state index < -0.39 is 0 Å². The second kappa shape index (κ2) is 7.44. The summed E-state index contributed by atoms with van der Waals surface area (Å²) in [6, 6.07) is 0.663. The smallest absolute Gasteiger partial charge is 0.239 e. The molecular weight excluding hydrogens is 270 g/mol. The van der Waals surface area contributed by atoms with Gasteiger partial charge in [0.05, 0.1) is 19.3 Å². The van der Waals surface area contributed by atoms with Crippen LogP contribution >= 0.6 is 0 Å². The van der Waals surface area contributed by atoms with Gasteiger partial charge in [0, 0.05) is 37.6 Å². The van der Waals surface area contributed by atoms with E-state index in [1.54, 1.807) is 12.4 Å². The van der Waals surface area contributed by atoms with Crippen molar-refractivity contribution in [1.82, 2.24) is 19.8 Å². The second-order valence-electron chi connectivity index (χ2n) is 5.41. The highest BCUT2D eigenvalue weighted by atomic mass is 16.3. The third-order valence-electron chi connectivity index (χ3n) is 4.04. The van der Waals surface area contributed by atoms with Gasteiger partial charge in [-0.05, 0) is 20.4 Å². The Hall–Kier alpha value is -1.57. The van der Waals surface area contributed by atoms with Gasteiger partial charge in [-0.2, -0.15) is 0 Å². The average molecular weight is 293 g/mol. The first-order chi connectivity index (χ1) is 10.1. The topological polar surface area (TPSA) is 81.6 Å². The lowest BCUT2D eigenvalue weighted by Gasteiger charge is -2.30. The van der Waals surface area contributed by atoms with E-state index in [0.717, 1.165) is 13.0 Å². The maximum atomic E-state index is 12.0. The fraction of sp³-hybridized carbons (Fsp3) is 0.643. The molecule has 0 radical (unpaired) electrons. The van der Waals surface area contributed by atoms with Gasteiger partial charge in [0.1, 0.15) is 0 Å². The monoisotopic (exact) mass is 293 g/mol. The van der Waals surface area contributed by atoms with E-state index >= 15 is 0 Å². The molecule has 0 aliphatic carbocycles. The third-order valence-corrected chi connectivity index (χ3v) is 4.04. The third kappa shape index (κ3) is 4.20. The molecule has 1 aliphatic rings. The number of amides is 1. The molecule has 1 aromatic heterocycles. The molecule has 1 amide bonds. The molecule has 0 bridgehead atoms. The molecule has 21 heavy (non-hydrogen) atoms. The van der Waals surface area contributed by atoms with Gasteiger partial charge < -0.3 is 10.4 Å². The molecule has 0 aromatic carbocycles. The first-order valence-electron chi connectivity index (χ1n) is 7.23. The Morgan fingerprint density at radius 3 is 3.05 bits per heavy atom. The van der Waals surface area contributed by atoms with E-state index in [0.29, 0.717) is 24.9 Å². The molecule has 116 valence electrons. The maximum absolute atomic E-state index is 12.0. The maximum Gasteiger partial charge on any atom is 0.239 e. The van der Waals surface area contributed by atoms with E-state index in [2.05, 4.69) is 32.0 Å². The van der Waals surface area contributed by atoms with Crippen molar-refractivity contribution >= 4 is 11.7 Å². The molecule has 1 fully saturated rings. The quantitative estimate of drug-likeness (QED) is 0.756. The van der Waals surface area contributed by atoms with Gasteiger partial charge in [-0.15, -0.1) is 0 Å². The van der Waals surface area contributed by atoms with Crippen LogP contribution in [-0.4, -0.2) is 76.2 Å². The van der Waals surface area contributed by atoms with Crippen LogP contribution in [-0.2, 0) is 4.79 Å². The van der Waals surface area contributed by atoms with Crippen molar-refractivity contribution in [3.8, 4) is 0 Å². The second-order valence-corrected chi connectivity index (χ2v) is 5.41. The summed E-state index contributed by atoms with van der Waals surface area (Å²) < 4.78 is 0. The van der Waals surface area contributed by atoms with Gasteiger partial charge in [0.15, 0.2) is 5.82 Å². The van der Waals surface area contributed by atoms with Crippen LogP contribution in [0.4, 0.5) is 5.82 Å². The number of aliphatic hydroxyl groups is 1. The zero-order valence-corrected chi connectivity index (χ0v) is 12.6. The van der Waals surface area contributed by atoms with E-state index in [4.69, 9.17) is 5.11 Å². The Morgan fingerprint density at radius 1 is 1.57 bits per heavy atom. The van der Waals surface area contributed by atoms with Gasteiger partial charge in [-0.25, -0.2) is 4.98 Å². The summed E-state index contributed by atoms with van der Waals surface area (Å²) in [7, 11) is 2.01. The zero-order valence-electron chi connectivity index (χ0n) is 12.6. The fourth-order valence-corrected chi connectivity index (χ4v) is 2.85. The molecule has 7 nitrogen and oxygen atoms in total. The molecule has 1 saturated heterocycles. The molecule has 0 spiro atoms. The van der Waals surface area contributed by atoms with Gasteiger partial charge in [-0.1, -0.05) is 0 Å². The van der Waals surface area contributed by atoms with Crippen molar-refractivity contribution in [3.63, 3.8) is 0 Å². The Bertz CT molecular complexity index is 456. The van der Waals surface area contributed by atoms with Crippen LogP contribution in [0, 0.1) is 0 Å². The van der Waals surface area contributed by atoms with Crippen molar-refractivity contribution < 1.29 is 9.90 Å². The van der Waals surface area contributed by atoms with E-state index in [1.807, 2.05) is 7.05 Å².